The number of nitrogens with zero attached hydrogens (tertiary/aromatic N) is 2. The van der Waals surface area contributed by atoms with Crippen molar-refractivity contribution in [2.45, 2.75) is 25.0 Å². The fraction of sp³-hybridized carbons (Fsp3) is 0.320. The van der Waals surface area contributed by atoms with Gasteiger partial charge in [-0.25, -0.2) is 0 Å². The molecule has 2 bridgehead atoms. The van der Waals surface area contributed by atoms with Crippen molar-refractivity contribution in [3.63, 3.8) is 0 Å². The largest absolute Gasteiger partial charge is 0.484 e. The van der Waals surface area contributed by atoms with Crippen LogP contribution in [0.1, 0.15) is 24.5 Å². The Hall–Kier alpha value is -2.65. The van der Waals surface area contributed by atoms with Gasteiger partial charge in [0.1, 0.15) is 11.9 Å². The summed E-state index contributed by atoms with van der Waals surface area (Å²) in [6.45, 7) is 6.32. The maximum atomic E-state index is 6.67. The van der Waals surface area contributed by atoms with Gasteiger partial charge in [-0.05, 0) is 55.5 Å². The number of fused-ring (bicyclic) bond motifs is 4. The number of hydrogen-bond donors (Lipinski definition) is 0. The molecule has 28 heavy (non-hydrogen) atoms. The van der Waals surface area contributed by atoms with Gasteiger partial charge in [0.15, 0.2) is 0 Å². The van der Waals surface area contributed by atoms with Crippen molar-refractivity contribution in [2.75, 3.05) is 13.1 Å². The molecule has 0 radical (unpaired) electrons. The summed E-state index contributed by atoms with van der Waals surface area (Å²) in [6.07, 6.45) is 6.49. The topological polar surface area (TPSA) is 25.4 Å². The van der Waals surface area contributed by atoms with E-state index >= 15 is 0 Å². The predicted molar refractivity (Wildman–Crippen MR) is 113 cm³/mol. The molecule has 6 rings (SSSR count). The van der Waals surface area contributed by atoms with Crippen molar-refractivity contribution in [3.05, 3.63) is 85.1 Å². The minimum atomic E-state index is -0.0103. The highest BCUT2D eigenvalue weighted by Crippen LogP contribution is 2.43. The highest BCUT2D eigenvalue weighted by molar-refractivity contribution is 5.82. The van der Waals surface area contributed by atoms with Gasteiger partial charge in [0.2, 0.25) is 0 Å². The second-order valence-corrected chi connectivity index (χ2v) is 8.02. The van der Waals surface area contributed by atoms with Crippen molar-refractivity contribution < 1.29 is 4.74 Å². The van der Waals surface area contributed by atoms with Crippen LogP contribution in [0, 0.1) is 11.8 Å². The fourth-order valence-corrected chi connectivity index (χ4v) is 5.05. The summed E-state index contributed by atoms with van der Waals surface area (Å²) >= 11 is 0. The lowest BCUT2D eigenvalue weighted by Crippen LogP contribution is -2.55. The van der Waals surface area contributed by atoms with E-state index in [0.29, 0.717) is 17.9 Å². The summed E-state index contributed by atoms with van der Waals surface area (Å²) in [5, 5.41) is 1.19. The third-order valence-corrected chi connectivity index (χ3v) is 6.50. The first kappa shape index (κ1) is 17.4. The molecule has 3 aliphatic heterocycles. The summed E-state index contributed by atoms with van der Waals surface area (Å²) in [4.78, 5) is 7.19. The number of ether oxygens (including phenoxy) is 1. The van der Waals surface area contributed by atoms with E-state index in [1.807, 2.05) is 30.5 Å². The van der Waals surface area contributed by atoms with E-state index in [9.17, 15) is 0 Å². The van der Waals surface area contributed by atoms with Crippen molar-refractivity contribution in [2.24, 2.45) is 11.8 Å². The van der Waals surface area contributed by atoms with Crippen LogP contribution in [0.15, 0.2) is 79.5 Å². The van der Waals surface area contributed by atoms with E-state index in [0.717, 1.165) is 30.8 Å². The van der Waals surface area contributed by atoms with Gasteiger partial charge in [-0.3, -0.25) is 9.88 Å². The van der Waals surface area contributed by atoms with E-state index in [1.165, 1.54) is 17.4 Å². The summed E-state index contributed by atoms with van der Waals surface area (Å²) in [6, 6.07) is 21.1. The van der Waals surface area contributed by atoms with E-state index in [-0.39, 0.29) is 6.10 Å². The molecule has 0 spiro atoms. The molecule has 3 heteroatoms. The first-order chi connectivity index (χ1) is 13.8. The number of pyridine rings is 1. The molecule has 0 N–H and O–H groups in total. The molecular weight excluding hydrogens is 344 g/mol. The first-order valence-electron chi connectivity index (χ1n) is 10.3. The van der Waals surface area contributed by atoms with Crippen molar-refractivity contribution >= 4 is 10.9 Å². The molecule has 3 unspecified atom stereocenters. The summed E-state index contributed by atoms with van der Waals surface area (Å²) in [7, 11) is 0. The third-order valence-electron chi connectivity index (χ3n) is 6.50. The molecule has 3 aromatic rings. The minimum absolute atomic E-state index is 0.0103. The van der Waals surface area contributed by atoms with Gasteiger partial charge in [0, 0.05) is 23.7 Å². The lowest BCUT2D eigenvalue weighted by Gasteiger charge is -2.51. The minimum Gasteiger partial charge on any atom is -0.484 e. The Balaban J connectivity index is 1.57. The third kappa shape index (κ3) is 3.10. The normalized spacial score (nSPS) is 27.4. The number of aromatic nitrogens is 1. The van der Waals surface area contributed by atoms with Crippen LogP contribution in [0.25, 0.3) is 10.9 Å². The van der Waals surface area contributed by atoms with Gasteiger partial charge >= 0.3 is 0 Å². The molecule has 3 saturated heterocycles. The molecule has 2 aromatic carbocycles. The fourth-order valence-electron chi connectivity index (χ4n) is 5.05. The number of hydrogen-bond acceptors (Lipinski definition) is 3. The summed E-state index contributed by atoms with van der Waals surface area (Å²) in [5.74, 6) is 2.25. The Kier molecular flexibility index (Phi) is 4.61. The summed E-state index contributed by atoms with van der Waals surface area (Å²) < 4.78 is 6.67. The van der Waals surface area contributed by atoms with Gasteiger partial charge in [-0.2, -0.15) is 0 Å². The molecule has 0 aliphatic carbocycles. The molecule has 0 saturated carbocycles. The Morgan fingerprint density at radius 2 is 1.89 bits per heavy atom. The van der Waals surface area contributed by atoms with Gasteiger partial charge in [0.25, 0.3) is 0 Å². The maximum Gasteiger partial charge on any atom is 0.140 e. The Bertz CT molecular complexity index is 965. The van der Waals surface area contributed by atoms with E-state index in [2.05, 4.69) is 58.9 Å². The molecule has 3 fully saturated rings. The van der Waals surface area contributed by atoms with Crippen LogP contribution in [-0.2, 0) is 0 Å². The average Bonchev–Trinajstić information content (AvgIpc) is 2.78. The van der Waals surface area contributed by atoms with Crippen molar-refractivity contribution in [1.82, 2.24) is 9.88 Å². The molecule has 0 amide bonds. The second-order valence-electron chi connectivity index (χ2n) is 8.02. The Morgan fingerprint density at radius 1 is 1.07 bits per heavy atom. The monoisotopic (exact) mass is 370 g/mol. The highest BCUT2D eigenvalue weighted by atomic mass is 16.5. The first-order valence-corrected chi connectivity index (χ1v) is 10.3. The molecule has 3 aliphatic rings. The number of rotatable bonds is 5. The molecule has 3 nitrogen and oxygen atoms in total. The standard InChI is InChI=1S/C25H26N2O/c1-2-18-17-27-15-13-19(18)16-24(27)25(28-20-8-4-3-5-9-20)22-12-14-26-23-11-7-6-10-21(22)23/h2-12,14,18-19,24-25H,1,13,15-17H2/t18?,19?,24-,25+/m0/s1. The molecular formula is C25H26N2O. The van der Waals surface area contributed by atoms with Gasteiger partial charge in [-0.1, -0.05) is 42.5 Å². The van der Waals surface area contributed by atoms with Crippen LogP contribution in [0.4, 0.5) is 0 Å². The van der Waals surface area contributed by atoms with Gasteiger partial charge in [-0.15, -0.1) is 6.58 Å². The van der Waals surface area contributed by atoms with Gasteiger partial charge in [0.05, 0.1) is 11.6 Å². The molecule has 142 valence electrons. The number of benzene rings is 2. The van der Waals surface area contributed by atoms with Crippen LogP contribution in [0.5, 0.6) is 5.75 Å². The Labute approximate surface area is 166 Å². The number of piperidine rings is 3. The average molecular weight is 370 g/mol. The van der Waals surface area contributed by atoms with Gasteiger partial charge < -0.3 is 4.74 Å². The second kappa shape index (κ2) is 7.40. The quantitative estimate of drug-likeness (QED) is 0.574. The smallest absolute Gasteiger partial charge is 0.140 e. The van der Waals surface area contributed by atoms with E-state index < -0.39 is 0 Å². The van der Waals surface area contributed by atoms with Crippen molar-refractivity contribution in [3.8, 4) is 5.75 Å². The predicted octanol–water partition coefficient (Wildman–Crippen LogP) is 5.25. The van der Waals surface area contributed by atoms with E-state index in [4.69, 9.17) is 4.74 Å². The van der Waals surface area contributed by atoms with Crippen LogP contribution >= 0.6 is 0 Å². The van der Waals surface area contributed by atoms with Crippen LogP contribution in [0.2, 0.25) is 0 Å². The molecule has 1 aromatic heterocycles. The van der Waals surface area contributed by atoms with Crippen LogP contribution in [0.3, 0.4) is 0 Å². The zero-order valence-corrected chi connectivity index (χ0v) is 16.1. The zero-order valence-electron chi connectivity index (χ0n) is 16.1. The van der Waals surface area contributed by atoms with Crippen LogP contribution in [-0.4, -0.2) is 29.0 Å². The van der Waals surface area contributed by atoms with Crippen molar-refractivity contribution in [1.29, 1.82) is 0 Å². The lowest BCUT2D eigenvalue weighted by molar-refractivity contribution is -0.0357. The lowest BCUT2D eigenvalue weighted by atomic mass is 9.73. The maximum absolute atomic E-state index is 6.67. The summed E-state index contributed by atoms with van der Waals surface area (Å²) in [5.41, 5.74) is 2.27. The molecule has 4 heterocycles. The molecule has 5 atom stereocenters. The van der Waals surface area contributed by atoms with E-state index in [1.54, 1.807) is 0 Å². The van der Waals surface area contributed by atoms with Crippen LogP contribution < -0.4 is 4.74 Å². The zero-order chi connectivity index (χ0) is 18.9. The number of para-hydroxylation sites is 2. The highest BCUT2D eigenvalue weighted by Gasteiger charge is 2.43. The SMILES string of the molecule is C=CC1CN2CCC1C[C@H]2[C@H](Oc1ccccc1)c1ccnc2ccccc12. The Morgan fingerprint density at radius 3 is 2.68 bits per heavy atom.